The highest BCUT2D eigenvalue weighted by Crippen LogP contribution is 2.19. The molecule has 2 N–H and O–H groups in total. The van der Waals surface area contributed by atoms with Crippen molar-refractivity contribution in [1.82, 2.24) is 9.97 Å². The fourth-order valence-electron chi connectivity index (χ4n) is 1.67. The molecule has 0 aliphatic carbocycles. The van der Waals surface area contributed by atoms with Gasteiger partial charge in [-0.15, -0.1) is 0 Å². The second-order valence-corrected chi connectivity index (χ2v) is 4.81. The molecule has 0 unspecified atom stereocenters. The smallest absolute Gasteiger partial charge is 0.276 e. The summed E-state index contributed by atoms with van der Waals surface area (Å²) in [5.74, 6) is -1.05. The van der Waals surface area contributed by atoms with Crippen LogP contribution in [0.5, 0.6) is 0 Å². The molecule has 6 nitrogen and oxygen atoms in total. The molecule has 0 bridgehead atoms. The summed E-state index contributed by atoms with van der Waals surface area (Å²) in [7, 11) is 3.36. The van der Waals surface area contributed by atoms with Crippen molar-refractivity contribution in [3.05, 3.63) is 51.3 Å². The molecule has 1 aromatic carbocycles. The van der Waals surface area contributed by atoms with E-state index in [0.29, 0.717) is 5.82 Å². The average Bonchev–Trinajstić information content (AvgIpc) is 2.43. The third kappa shape index (κ3) is 3.19. The molecule has 0 saturated carbocycles. The van der Waals surface area contributed by atoms with Gasteiger partial charge in [0.2, 0.25) is 0 Å². The van der Waals surface area contributed by atoms with Crippen molar-refractivity contribution in [2.45, 2.75) is 0 Å². The standard InChI is InChI=1S/C13H12ClFN4O2/c1-19(2)11-10(13(21)17-6-16-11)18-12(20)7-3-4-8(14)9(15)5-7/h3-6H,1-2H3,(H,18,20)(H,16,17,21). The molecule has 0 saturated heterocycles. The first-order valence-electron chi connectivity index (χ1n) is 5.91. The molecule has 0 spiro atoms. The fraction of sp³-hybridized carbons (Fsp3) is 0.154. The number of hydrogen-bond acceptors (Lipinski definition) is 4. The zero-order chi connectivity index (χ0) is 15.6. The maximum absolute atomic E-state index is 13.4. The first-order valence-corrected chi connectivity index (χ1v) is 6.29. The molecule has 110 valence electrons. The van der Waals surface area contributed by atoms with Crippen LogP contribution in [-0.2, 0) is 0 Å². The summed E-state index contributed by atoms with van der Waals surface area (Å²) in [6.07, 6.45) is 1.23. The first kappa shape index (κ1) is 15.0. The van der Waals surface area contributed by atoms with Crippen molar-refractivity contribution < 1.29 is 9.18 Å². The third-order valence-electron chi connectivity index (χ3n) is 2.68. The van der Waals surface area contributed by atoms with Crippen LogP contribution in [0.15, 0.2) is 29.3 Å². The molecule has 21 heavy (non-hydrogen) atoms. The highest BCUT2D eigenvalue weighted by atomic mass is 35.5. The zero-order valence-corrected chi connectivity index (χ0v) is 12.0. The molecule has 2 rings (SSSR count). The predicted molar refractivity (Wildman–Crippen MR) is 78.5 cm³/mol. The minimum absolute atomic E-state index is 0.0112. The van der Waals surface area contributed by atoms with E-state index in [4.69, 9.17) is 11.6 Å². The van der Waals surface area contributed by atoms with E-state index in [0.717, 1.165) is 6.07 Å². The van der Waals surface area contributed by atoms with E-state index < -0.39 is 17.3 Å². The van der Waals surface area contributed by atoms with Crippen LogP contribution in [0, 0.1) is 5.82 Å². The van der Waals surface area contributed by atoms with Gasteiger partial charge in [0.25, 0.3) is 11.5 Å². The second kappa shape index (κ2) is 5.92. The molecule has 0 atom stereocenters. The number of carbonyl (C=O) groups is 1. The Bertz CT molecular complexity index is 745. The summed E-state index contributed by atoms with van der Waals surface area (Å²) >= 11 is 5.56. The Kier molecular flexibility index (Phi) is 4.23. The lowest BCUT2D eigenvalue weighted by atomic mass is 10.2. The van der Waals surface area contributed by atoms with Gasteiger partial charge in [-0.2, -0.15) is 0 Å². The summed E-state index contributed by atoms with van der Waals surface area (Å²) in [6.45, 7) is 0. The summed E-state index contributed by atoms with van der Waals surface area (Å²) in [4.78, 5) is 31.8. The number of amides is 1. The topological polar surface area (TPSA) is 78.1 Å². The van der Waals surface area contributed by atoms with Crippen LogP contribution in [0.4, 0.5) is 15.9 Å². The Balaban J connectivity index is 2.36. The lowest BCUT2D eigenvalue weighted by molar-refractivity contribution is 0.102. The summed E-state index contributed by atoms with van der Waals surface area (Å²) in [5.41, 5.74) is -0.468. The molecular formula is C13H12ClFN4O2. The first-order chi connectivity index (χ1) is 9.90. The summed E-state index contributed by atoms with van der Waals surface area (Å²) in [5, 5.41) is 2.34. The Morgan fingerprint density at radius 3 is 2.76 bits per heavy atom. The van der Waals surface area contributed by atoms with Gasteiger partial charge in [-0.3, -0.25) is 9.59 Å². The highest BCUT2D eigenvalue weighted by molar-refractivity contribution is 6.30. The Labute approximate surface area is 124 Å². The number of halogens is 2. The minimum atomic E-state index is -0.711. The Morgan fingerprint density at radius 1 is 1.43 bits per heavy atom. The number of carbonyl (C=O) groups excluding carboxylic acids is 1. The van der Waals surface area contributed by atoms with E-state index in [1.807, 2.05) is 0 Å². The van der Waals surface area contributed by atoms with Gasteiger partial charge in [0.05, 0.1) is 11.3 Å². The number of anilines is 2. The van der Waals surface area contributed by atoms with Crippen molar-refractivity contribution in [1.29, 1.82) is 0 Å². The Morgan fingerprint density at radius 2 is 2.14 bits per heavy atom. The van der Waals surface area contributed by atoms with Crippen molar-refractivity contribution >= 4 is 29.0 Å². The molecule has 0 aliphatic heterocycles. The van der Waals surface area contributed by atoms with Gasteiger partial charge in [-0.1, -0.05) is 11.6 Å². The molecule has 0 aliphatic rings. The molecular weight excluding hydrogens is 299 g/mol. The van der Waals surface area contributed by atoms with Crippen molar-refractivity contribution in [3.8, 4) is 0 Å². The van der Waals surface area contributed by atoms with Crippen LogP contribution in [-0.4, -0.2) is 30.0 Å². The summed E-state index contributed by atoms with van der Waals surface area (Å²) in [6, 6.07) is 3.63. The molecule has 0 fully saturated rings. The lowest BCUT2D eigenvalue weighted by Gasteiger charge is -2.15. The van der Waals surface area contributed by atoms with E-state index in [1.165, 1.54) is 18.5 Å². The van der Waals surface area contributed by atoms with Crippen molar-refractivity contribution in [2.75, 3.05) is 24.3 Å². The molecule has 1 amide bonds. The fourth-order valence-corrected chi connectivity index (χ4v) is 1.78. The second-order valence-electron chi connectivity index (χ2n) is 4.41. The van der Waals surface area contributed by atoms with Crippen molar-refractivity contribution in [2.24, 2.45) is 0 Å². The zero-order valence-electron chi connectivity index (χ0n) is 11.3. The predicted octanol–water partition coefficient (Wildman–Crippen LogP) is 1.88. The van der Waals surface area contributed by atoms with Crippen LogP contribution < -0.4 is 15.8 Å². The monoisotopic (exact) mass is 310 g/mol. The van der Waals surface area contributed by atoms with Gasteiger partial charge in [-0.25, -0.2) is 9.37 Å². The maximum atomic E-state index is 13.4. The number of nitrogens with zero attached hydrogens (tertiary/aromatic N) is 2. The average molecular weight is 311 g/mol. The lowest BCUT2D eigenvalue weighted by Crippen LogP contribution is -2.25. The SMILES string of the molecule is CN(C)c1nc[nH]c(=O)c1NC(=O)c1ccc(Cl)c(F)c1. The molecule has 2 aromatic rings. The number of aromatic amines is 1. The largest absolute Gasteiger partial charge is 0.361 e. The molecule has 0 radical (unpaired) electrons. The van der Waals surface area contributed by atoms with Crippen LogP contribution in [0.2, 0.25) is 5.02 Å². The van der Waals surface area contributed by atoms with E-state index in [-0.39, 0.29) is 16.3 Å². The van der Waals surface area contributed by atoms with Gasteiger partial charge in [0, 0.05) is 19.7 Å². The van der Waals surface area contributed by atoms with Crippen LogP contribution in [0.25, 0.3) is 0 Å². The minimum Gasteiger partial charge on any atom is -0.361 e. The van der Waals surface area contributed by atoms with E-state index in [2.05, 4.69) is 15.3 Å². The number of nitrogens with one attached hydrogen (secondary N) is 2. The van der Waals surface area contributed by atoms with Crippen molar-refractivity contribution in [3.63, 3.8) is 0 Å². The van der Waals surface area contributed by atoms with Gasteiger partial charge in [0.15, 0.2) is 11.5 Å². The third-order valence-corrected chi connectivity index (χ3v) is 2.98. The van der Waals surface area contributed by atoms with E-state index in [9.17, 15) is 14.0 Å². The highest BCUT2D eigenvalue weighted by Gasteiger charge is 2.15. The molecule has 1 heterocycles. The molecule has 8 heteroatoms. The van der Waals surface area contributed by atoms with Crippen LogP contribution in [0.3, 0.4) is 0 Å². The number of benzene rings is 1. The van der Waals surface area contributed by atoms with E-state index >= 15 is 0 Å². The maximum Gasteiger partial charge on any atom is 0.276 e. The number of rotatable bonds is 3. The summed E-state index contributed by atoms with van der Waals surface area (Å²) < 4.78 is 13.4. The van der Waals surface area contributed by atoms with Crippen LogP contribution in [0.1, 0.15) is 10.4 Å². The number of H-pyrrole nitrogens is 1. The van der Waals surface area contributed by atoms with Gasteiger partial charge in [0.1, 0.15) is 5.82 Å². The van der Waals surface area contributed by atoms with Gasteiger partial charge >= 0.3 is 0 Å². The number of hydrogen-bond donors (Lipinski definition) is 2. The Hall–Kier alpha value is -2.41. The van der Waals surface area contributed by atoms with Gasteiger partial charge < -0.3 is 15.2 Å². The molecule has 1 aromatic heterocycles. The normalized spacial score (nSPS) is 10.3. The quantitative estimate of drug-likeness (QED) is 0.907. The number of aromatic nitrogens is 2. The van der Waals surface area contributed by atoms with E-state index in [1.54, 1.807) is 19.0 Å². The van der Waals surface area contributed by atoms with Gasteiger partial charge in [-0.05, 0) is 18.2 Å². The van der Waals surface area contributed by atoms with Crippen LogP contribution >= 0.6 is 11.6 Å².